The van der Waals surface area contributed by atoms with E-state index < -0.39 is 0 Å². The summed E-state index contributed by atoms with van der Waals surface area (Å²) in [6, 6.07) is 7.57. The van der Waals surface area contributed by atoms with Crippen molar-refractivity contribution in [2.75, 3.05) is 23.3 Å². The highest BCUT2D eigenvalue weighted by Gasteiger charge is 2.27. The van der Waals surface area contributed by atoms with Crippen molar-refractivity contribution in [2.24, 2.45) is 5.92 Å². The monoisotopic (exact) mass is 300 g/mol. The normalized spacial score (nSPS) is 18.0. The van der Waals surface area contributed by atoms with Gasteiger partial charge in [-0.05, 0) is 43.2 Å². The summed E-state index contributed by atoms with van der Waals surface area (Å²) in [6.07, 6.45) is 5.14. The van der Waals surface area contributed by atoms with E-state index in [-0.39, 0.29) is 17.6 Å². The van der Waals surface area contributed by atoms with E-state index in [1.165, 1.54) is 12.1 Å². The van der Waals surface area contributed by atoms with Crippen molar-refractivity contribution in [3.63, 3.8) is 0 Å². The predicted octanol–water partition coefficient (Wildman–Crippen LogP) is 2.47. The number of nitrogens with one attached hydrogen (secondary N) is 1. The van der Waals surface area contributed by atoms with Crippen molar-refractivity contribution < 1.29 is 9.18 Å². The minimum Gasteiger partial charge on any atom is -0.340 e. The summed E-state index contributed by atoms with van der Waals surface area (Å²) >= 11 is 0. The van der Waals surface area contributed by atoms with Gasteiger partial charge in [0.05, 0.1) is 5.92 Å². The third-order valence-corrected chi connectivity index (χ3v) is 3.74. The van der Waals surface area contributed by atoms with Gasteiger partial charge in [0.25, 0.3) is 0 Å². The SMILES string of the molecule is O=C(Nc1ccc(F)cc1)[C@@H]1CCCN(c2ncccn2)C1. The van der Waals surface area contributed by atoms with Crippen molar-refractivity contribution in [3.8, 4) is 0 Å². The van der Waals surface area contributed by atoms with Crippen LogP contribution < -0.4 is 10.2 Å². The number of piperidine rings is 1. The van der Waals surface area contributed by atoms with Gasteiger partial charge in [0.15, 0.2) is 0 Å². The molecule has 1 aliphatic rings. The third-order valence-electron chi connectivity index (χ3n) is 3.74. The molecule has 6 heteroatoms. The van der Waals surface area contributed by atoms with Gasteiger partial charge in [-0.25, -0.2) is 14.4 Å². The molecule has 0 bridgehead atoms. The summed E-state index contributed by atoms with van der Waals surface area (Å²) in [4.78, 5) is 22.8. The molecule has 0 saturated carbocycles. The second-order valence-electron chi connectivity index (χ2n) is 5.33. The number of carbonyl (C=O) groups excluding carboxylic acids is 1. The zero-order valence-electron chi connectivity index (χ0n) is 12.1. The van der Waals surface area contributed by atoms with E-state index >= 15 is 0 Å². The maximum absolute atomic E-state index is 12.9. The number of amides is 1. The molecule has 1 fully saturated rings. The van der Waals surface area contributed by atoms with Gasteiger partial charge in [-0.15, -0.1) is 0 Å². The highest BCUT2D eigenvalue weighted by molar-refractivity contribution is 5.93. The van der Waals surface area contributed by atoms with Gasteiger partial charge >= 0.3 is 0 Å². The lowest BCUT2D eigenvalue weighted by Crippen LogP contribution is -2.41. The Morgan fingerprint density at radius 1 is 1.23 bits per heavy atom. The topological polar surface area (TPSA) is 58.1 Å². The zero-order valence-corrected chi connectivity index (χ0v) is 12.1. The van der Waals surface area contributed by atoms with E-state index in [9.17, 15) is 9.18 Å². The van der Waals surface area contributed by atoms with Gasteiger partial charge in [-0.3, -0.25) is 4.79 Å². The summed E-state index contributed by atoms with van der Waals surface area (Å²) in [5, 5.41) is 2.84. The fourth-order valence-electron chi connectivity index (χ4n) is 2.60. The standard InChI is InChI=1S/C16H17FN4O/c17-13-4-6-14(7-5-13)20-15(22)12-3-1-10-21(11-12)16-18-8-2-9-19-16/h2,4-9,12H,1,3,10-11H2,(H,20,22)/t12-/m1/s1. The number of aromatic nitrogens is 2. The summed E-state index contributed by atoms with van der Waals surface area (Å²) in [5.41, 5.74) is 0.611. The van der Waals surface area contributed by atoms with Crippen LogP contribution in [0.3, 0.4) is 0 Å². The molecule has 0 unspecified atom stereocenters. The van der Waals surface area contributed by atoms with Crippen LogP contribution >= 0.6 is 0 Å². The number of benzene rings is 1. The molecule has 1 aromatic heterocycles. The number of nitrogens with zero attached hydrogens (tertiary/aromatic N) is 3. The Balaban J connectivity index is 1.64. The molecule has 1 amide bonds. The molecule has 1 aliphatic heterocycles. The average molecular weight is 300 g/mol. The summed E-state index contributed by atoms with van der Waals surface area (Å²) in [6.45, 7) is 1.45. The second kappa shape index (κ2) is 6.51. The Bertz CT molecular complexity index is 632. The minimum atomic E-state index is -0.317. The molecular formula is C16H17FN4O. The number of anilines is 2. The van der Waals surface area contributed by atoms with Crippen LogP contribution in [0.2, 0.25) is 0 Å². The van der Waals surface area contributed by atoms with Gasteiger partial charge in [-0.1, -0.05) is 0 Å². The first-order chi connectivity index (χ1) is 10.7. The van der Waals surface area contributed by atoms with E-state index in [1.54, 1.807) is 30.6 Å². The minimum absolute atomic E-state index is 0.0489. The van der Waals surface area contributed by atoms with Crippen molar-refractivity contribution in [1.82, 2.24) is 9.97 Å². The van der Waals surface area contributed by atoms with Crippen LogP contribution in [0.5, 0.6) is 0 Å². The molecule has 1 aromatic carbocycles. The van der Waals surface area contributed by atoms with Crippen LogP contribution in [0.4, 0.5) is 16.0 Å². The number of hydrogen-bond acceptors (Lipinski definition) is 4. The third kappa shape index (κ3) is 3.39. The largest absolute Gasteiger partial charge is 0.340 e. The van der Waals surface area contributed by atoms with E-state index in [0.717, 1.165) is 19.4 Å². The number of rotatable bonds is 3. The highest BCUT2D eigenvalue weighted by Crippen LogP contribution is 2.21. The lowest BCUT2D eigenvalue weighted by Gasteiger charge is -2.31. The molecule has 0 spiro atoms. The average Bonchev–Trinajstić information content (AvgIpc) is 2.58. The van der Waals surface area contributed by atoms with Crippen LogP contribution in [0.1, 0.15) is 12.8 Å². The Hall–Kier alpha value is -2.50. The van der Waals surface area contributed by atoms with Gasteiger partial charge in [0, 0.05) is 31.2 Å². The van der Waals surface area contributed by atoms with E-state index in [0.29, 0.717) is 18.2 Å². The maximum atomic E-state index is 12.9. The van der Waals surface area contributed by atoms with E-state index in [2.05, 4.69) is 15.3 Å². The van der Waals surface area contributed by atoms with Gasteiger partial charge in [-0.2, -0.15) is 0 Å². The highest BCUT2D eigenvalue weighted by atomic mass is 19.1. The van der Waals surface area contributed by atoms with Crippen molar-refractivity contribution >= 4 is 17.5 Å². The molecule has 1 saturated heterocycles. The molecule has 0 aliphatic carbocycles. The number of hydrogen-bond donors (Lipinski definition) is 1. The second-order valence-corrected chi connectivity index (χ2v) is 5.33. The smallest absolute Gasteiger partial charge is 0.229 e. The molecule has 3 rings (SSSR count). The fourth-order valence-corrected chi connectivity index (χ4v) is 2.60. The first kappa shape index (κ1) is 14.4. The lowest BCUT2D eigenvalue weighted by molar-refractivity contribution is -0.120. The molecule has 2 aromatic rings. The molecule has 1 atom stereocenters. The van der Waals surface area contributed by atoms with Crippen molar-refractivity contribution in [2.45, 2.75) is 12.8 Å². The quantitative estimate of drug-likeness (QED) is 0.946. The molecule has 114 valence electrons. The lowest BCUT2D eigenvalue weighted by atomic mass is 9.97. The molecule has 2 heterocycles. The first-order valence-corrected chi connectivity index (χ1v) is 7.31. The van der Waals surface area contributed by atoms with E-state index in [4.69, 9.17) is 0 Å². The fraction of sp³-hybridized carbons (Fsp3) is 0.312. The van der Waals surface area contributed by atoms with Crippen LogP contribution in [0, 0.1) is 11.7 Å². The maximum Gasteiger partial charge on any atom is 0.229 e. The van der Waals surface area contributed by atoms with Crippen LogP contribution in [-0.4, -0.2) is 29.0 Å². The van der Waals surface area contributed by atoms with Gasteiger partial charge < -0.3 is 10.2 Å². The van der Waals surface area contributed by atoms with Crippen molar-refractivity contribution in [3.05, 3.63) is 48.5 Å². The van der Waals surface area contributed by atoms with Crippen LogP contribution in [0.15, 0.2) is 42.7 Å². The summed E-state index contributed by atoms with van der Waals surface area (Å²) < 4.78 is 12.9. The van der Waals surface area contributed by atoms with E-state index in [1.807, 2.05) is 4.90 Å². The predicted molar refractivity (Wildman–Crippen MR) is 82.0 cm³/mol. The van der Waals surface area contributed by atoms with Gasteiger partial charge in [0.2, 0.25) is 11.9 Å². The Morgan fingerprint density at radius 3 is 2.68 bits per heavy atom. The summed E-state index contributed by atoms with van der Waals surface area (Å²) in [5.74, 6) is 0.166. The first-order valence-electron chi connectivity index (χ1n) is 7.31. The Morgan fingerprint density at radius 2 is 1.95 bits per heavy atom. The van der Waals surface area contributed by atoms with Crippen molar-refractivity contribution in [1.29, 1.82) is 0 Å². The summed E-state index contributed by atoms with van der Waals surface area (Å²) in [7, 11) is 0. The van der Waals surface area contributed by atoms with Crippen LogP contribution in [-0.2, 0) is 4.79 Å². The number of halogens is 1. The number of carbonyl (C=O) groups is 1. The van der Waals surface area contributed by atoms with Crippen LogP contribution in [0.25, 0.3) is 0 Å². The molecule has 1 N–H and O–H groups in total. The molecule has 22 heavy (non-hydrogen) atoms. The van der Waals surface area contributed by atoms with Gasteiger partial charge in [0.1, 0.15) is 5.82 Å². The Labute approximate surface area is 128 Å². The molecule has 0 radical (unpaired) electrons. The zero-order chi connectivity index (χ0) is 15.4. The molecule has 5 nitrogen and oxygen atoms in total. The molecular weight excluding hydrogens is 283 g/mol. The Kier molecular flexibility index (Phi) is 4.27.